The van der Waals surface area contributed by atoms with Crippen LogP contribution in [0.4, 0.5) is 5.00 Å². The highest BCUT2D eigenvalue weighted by molar-refractivity contribution is 7.17. The van der Waals surface area contributed by atoms with Crippen molar-refractivity contribution < 1.29 is 19.8 Å². The summed E-state index contributed by atoms with van der Waals surface area (Å²) in [7, 11) is 0. The molecule has 0 radical (unpaired) electrons. The third kappa shape index (κ3) is 6.87. The van der Waals surface area contributed by atoms with E-state index in [2.05, 4.69) is 17.6 Å². The van der Waals surface area contributed by atoms with Gasteiger partial charge in [-0.15, -0.1) is 23.7 Å². The highest BCUT2D eigenvalue weighted by Crippen LogP contribution is 2.38. The molecule has 0 fully saturated rings. The Bertz CT molecular complexity index is 578. The van der Waals surface area contributed by atoms with Gasteiger partial charge in [-0.1, -0.05) is 13.3 Å². The van der Waals surface area contributed by atoms with Crippen LogP contribution in [0.15, 0.2) is 0 Å². The van der Waals surface area contributed by atoms with Gasteiger partial charge in [0.15, 0.2) is 0 Å². The average molecular weight is 407 g/mol. The molecule has 150 valence electrons. The molecule has 1 aromatic rings. The van der Waals surface area contributed by atoms with Crippen LogP contribution in [0.3, 0.4) is 0 Å². The number of carbonyl (C=O) groups is 2. The summed E-state index contributed by atoms with van der Waals surface area (Å²) in [4.78, 5) is 25.8. The van der Waals surface area contributed by atoms with Gasteiger partial charge in [0.05, 0.1) is 12.2 Å². The number of nitrogens with one attached hydrogen (secondary N) is 2. The molecule has 8 heteroatoms. The van der Waals surface area contributed by atoms with Crippen molar-refractivity contribution in [3.05, 3.63) is 16.0 Å². The zero-order chi connectivity index (χ0) is 17.4. The minimum Gasteiger partial charge on any atom is -0.462 e. The Morgan fingerprint density at radius 3 is 2.58 bits per heavy atom. The first-order chi connectivity index (χ1) is 11.7. The Balaban J connectivity index is 0.00000312. The molecule has 0 atom stereocenters. The first-order valence-electron chi connectivity index (χ1n) is 8.99. The van der Waals surface area contributed by atoms with E-state index < -0.39 is 0 Å². The molecule has 0 aromatic carbocycles. The van der Waals surface area contributed by atoms with Crippen molar-refractivity contribution in [2.75, 3.05) is 25.0 Å². The van der Waals surface area contributed by atoms with E-state index in [4.69, 9.17) is 4.74 Å². The Morgan fingerprint density at radius 2 is 1.88 bits per heavy atom. The smallest absolute Gasteiger partial charge is 0.341 e. The number of aryl methyl sites for hydroxylation is 1. The second-order valence-corrected chi connectivity index (χ2v) is 7.14. The number of halogens is 1. The van der Waals surface area contributed by atoms with E-state index in [9.17, 15) is 9.59 Å². The van der Waals surface area contributed by atoms with Gasteiger partial charge in [0, 0.05) is 17.8 Å². The van der Waals surface area contributed by atoms with Crippen LogP contribution in [0.2, 0.25) is 0 Å². The van der Waals surface area contributed by atoms with Gasteiger partial charge in [-0.05, 0) is 51.1 Å². The van der Waals surface area contributed by atoms with E-state index >= 15 is 0 Å². The molecule has 2 rings (SSSR count). The van der Waals surface area contributed by atoms with Crippen molar-refractivity contribution in [1.82, 2.24) is 5.32 Å². The summed E-state index contributed by atoms with van der Waals surface area (Å²) in [5.74, 6) is -0.364. The van der Waals surface area contributed by atoms with Gasteiger partial charge in [-0.2, -0.15) is 0 Å². The summed E-state index contributed by atoms with van der Waals surface area (Å²) in [5.41, 5.74) is 1.67. The molecule has 1 heterocycles. The molecule has 0 aliphatic heterocycles. The van der Waals surface area contributed by atoms with Gasteiger partial charge < -0.3 is 20.8 Å². The lowest BCUT2D eigenvalue weighted by molar-refractivity contribution is -0.116. The monoisotopic (exact) mass is 406 g/mol. The summed E-state index contributed by atoms with van der Waals surface area (Å²) in [6, 6.07) is 0. The number of fused-ring (bicyclic) bond motifs is 1. The first-order valence-corrected chi connectivity index (χ1v) is 9.81. The summed E-state index contributed by atoms with van der Waals surface area (Å²) in [6.45, 7) is 5.88. The maximum Gasteiger partial charge on any atom is 0.341 e. The molecule has 1 aliphatic carbocycles. The first kappa shape index (κ1) is 24.8. The third-order valence-electron chi connectivity index (χ3n) is 4.14. The van der Waals surface area contributed by atoms with Gasteiger partial charge in [-0.3, -0.25) is 4.79 Å². The molecule has 1 amide bonds. The molecule has 0 saturated heterocycles. The second kappa shape index (κ2) is 13.1. The third-order valence-corrected chi connectivity index (χ3v) is 5.35. The zero-order valence-electron chi connectivity index (χ0n) is 15.6. The Morgan fingerprint density at radius 1 is 1.15 bits per heavy atom. The van der Waals surface area contributed by atoms with E-state index in [1.165, 1.54) is 16.2 Å². The van der Waals surface area contributed by atoms with Crippen LogP contribution in [0.25, 0.3) is 0 Å². The van der Waals surface area contributed by atoms with Gasteiger partial charge >= 0.3 is 5.97 Å². The predicted octanol–water partition coefficient (Wildman–Crippen LogP) is 3.12. The van der Waals surface area contributed by atoms with Gasteiger partial charge in [0.25, 0.3) is 0 Å². The highest BCUT2D eigenvalue weighted by atomic mass is 35.5. The van der Waals surface area contributed by atoms with E-state index in [1.807, 2.05) is 0 Å². The normalized spacial score (nSPS) is 12.4. The molecule has 0 bridgehead atoms. The quantitative estimate of drug-likeness (QED) is 0.486. The van der Waals surface area contributed by atoms with E-state index in [0.717, 1.165) is 50.6 Å². The molecule has 0 spiro atoms. The molecule has 0 unspecified atom stereocenters. The fraction of sp³-hybridized carbons (Fsp3) is 0.667. The summed E-state index contributed by atoms with van der Waals surface area (Å²) in [5, 5.41) is 6.86. The Hall–Kier alpha value is -1.15. The van der Waals surface area contributed by atoms with Gasteiger partial charge in [-0.25, -0.2) is 4.79 Å². The fourth-order valence-electron chi connectivity index (χ4n) is 2.89. The number of hydrogen-bond donors (Lipinski definition) is 2. The molecular weight excluding hydrogens is 376 g/mol. The molecule has 26 heavy (non-hydrogen) atoms. The van der Waals surface area contributed by atoms with E-state index in [0.29, 0.717) is 30.1 Å². The van der Waals surface area contributed by atoms with Crippen LogP contribution in [0, 0.1) is 0 Å². The van der Waals surface area contributed by atoms with Crippen molar-refractivity contribution in [2.24, 2.45) is 0 Å². The average Bonchev–Trinajstić information content (AvgIpc) is 2.92. The lowest BCUT2D eigenvalue weighted by Gasteiger charge is -2.12. The molecule has 4 N–H and O–H groups in total. The number of unbranched alkanes of at least 4 members (excludes halogenated alkanes) is 1. The number of thiophene rings is 1. The van der Waals surface area contributed by atoms with Crippen LogP contribution in [0.1, 0.15) is 66.8 Å². The number of anilines is 1. The zero-order valence-corrected chi connectivity index (χ0v) is 17.2. The standard InChI is InChI=1S/C18H28N2O3S.ClH.H2O/c1-3-5-11-19-12-10-15(21)20-17-16(18(22)23-4-2)13-8-6-7-9-14(13)24-17;;/h19H,3-12H2,1-2H3,(H,20,21);1H;1H2. The van der Waals surface area contributed by atoms with Gasteiger partial charge in [0.1, 0.15) is 5.00 Å². The maximum absolute atomic E-state index is 12.3. The number of amides is 1. The molecular formula is C18H31ClN2O4S. The van der Waals surface area contributed by atoms with E-state index in [-0.39, 0.29) is 29.8 Å². The van der Waals surface area contributed by atoms with Gasteiger partial charge in [0.2, 0.25) is 5.91 Å². The lowest BCUT2D eigenvalue weighted by atomic mass is 9.95. The SMILES string of the molecule is CCCCNCCC(=O)Nc1sc2c(c1C(=O)OCC)CCCC2.Cl.O. The van der Waals surface area contributed by atoms with Crippen molar-refractivity contribution in [1.29, 1.82) is 0 Å². The van der Waals surface area contributed by atoms with Crippen molar-refractivity contribution in [3.63, 3.8) is 0 Å². The number of hydrogen-bond acceptors (Lipinski definition) is 5. The van der Waals surface area contributed by atoms with E-state index in [1.54, 1.807) is 6.92 Å². The van der Waals surface area contributed by atoms with Crippen LogP contribution in [-0.2, 0) is 22.4 Å². The Kier molecular flexibility index (Phi) is 12.5. The maximum atomic E-state index is 12.3. The fourth-order valence-corrected chi connectivity index (χ4v) is 4.18. The Labute approximate surface area is 165 Å². The summed E-state index contributed by atoms with van der Waals surface area (Å²) >= 11 is 1.54. The minimum absolute atomic E-state index is 0. The van der Waals surface area contributed by atoms with Crippen LogP contribution < -0.4 is 10.6 Å². The minimum atomic E-state index is -0.312. The number of rotatable bonds is 9. The molecule has 1 aromatic heterocycles. The number of esters is 1. The molecule has 1 aliphatic rings. The predicted molar refractivity (Wildman–Crippen MR) is 109 cm³/mol. The number of carbonyl (C=O) groups excluding carboxylic acids is 2. The highest BCUT2D eigenvalue weighted by Gasteiger charge is 2.27. The lowest BCUT2D eigenvalue weighted by Crippen LogP contribution is -2.23. The van der Waals surface area contributed by atoms with Crippen LogP contribution in [-0.4, -0.2) is 37.0 Å². The van der Waals surface area contributed by atoms with Crippen molar-refractivity contribution in [3.8, 4) is 0 Å². The van der Waals surface area contributed by atoms with Crippen molar-refractivity contribution in [2.45, 2.75) is 58.8 Å². The molecule has 0 saturated carbocycles. The van der Waals surface area contributed by atoms with Crippen LogP contribution in [0.5, 0.6) is 0 Å². The van der Waals surface area contributed by atoms with Crippen LogP contribution >= 0.6 is 23.7 Å². The van der Waals surface area contributed by atoms with Crippen molar-refractivity contribution >= 4 is 40.6 Å². The topological polar surface area (TPSA) is 98.9 Å². The summed E-state index contributed by atoms with van der Waals surface area (Å²) < 4.78 is 5.20. The second-order valence-electron chi connectivity index (χ2n) is 6.04. The molecule has 6 nitrogen and oxygen atoms in total. The summed E-state index contributed by atoms with van der Waals surface area (Å²) in [6.07, 6.45) is 6.79. The largest absolute Gasteiger partial charge is 0.462 e. The number of ether oxygens (including phenoxy) is 1.